The molecule has 0 bridgehead atoms. The number of benzene rings is 1. The Balaban J connectivity index is 1.48. The van der Waals surface area contributed by atoms with E-state index in [1.807, 2.05) is 41.8 Å². The predicted octanol–water partition coefficient (Wildman–Crippen LogP) is 5.62. The van der Waals surface area contributed by atoms with Crippen LogP contribution >= 0.6 is 58.4 Å². The van der Waals surface area contributed by atoms with Crippen LogP contribution < -0.4 is 0 Å². The maximum Gasteiger partial charge on any atom is 0.344 e. The molecule has 3 heterocycles. The van der Waals surface area contributed by atoms with Crippen molar-refractivity contribution in [2.75, 3.05) is 0 Å². The molecule has 5 nitrogen and oxygen atoms in total. The lowest BCUT2D eigenvalue weighted by molar-refractivity contribution is -0.134. The molecule has 2 aliphatic rings. The fourth-order valence-electron chi connectivity index (χ4n) is 2.21. The van der Waals surface area contributed by atoms with Gasteiger partial charge in [0.15, 0.2) is 0 Å². The van der Waals surface area contributed by atoms with Crippen LogP contribution in [0.25, 0.3) is 16.3 Å². The van der Waals surface area contributed by atoms with E-state index in [1.54, 1.807) is 11.3 Å². The number of hydrogen-bond donors (Lipinski definition) is 2. The third-order valence-corrected chi connectivity index (χ3v) is 9.79. The summed E-state index contributed by atoms with van der Waals surface area (Å²) in [6.07, 6.45) is 3.92. The number of thiazole rings is 1. The molecule has 0 fully saturated rings. The Hall–Kier alpha value is -1.59. The molecule has 0 saturated heterocycles. The summed E-state index contributed by atoms with van der Waals surface area (Å²) < 4.78 is 2.72. The maximum atomic E-state index is 11.3. The van der Waals surface area contributed by atoms with Gasteiger partial charge in [0.25, 0.3) is 0 Å². The zero-order valence-corrected chi connectivity index (χ0v) is 17.3. The number of aromatic nitrogens is 1. The monoisotopic (exact) mass is 451 g/mol. The van der Waals surface area contributed by atoms with E-state index >= 15 is 0 Å². The first-order chi connectivity index (χ1) is 13.0. The van der Waals surface area contributed by atoms with Gasteiger partial charge in [0, 0.05) is 4.91 Å². The van der Waals surface area contributed by atoms with Crippen molar-refractivity contribution in [3.05, 3.63) is 63.9 Å². The molecule has 10 heteroatoms. The van der Waals surface area contributed by atoms with Gasteiger partial charge in [0.05, 0.1) is 18.7 Å². The number of thioether (sulfide) groups is 4. The highest BCUT2D eigenvalue weighted by Crippen LogP contribution is 2.58. The number of fused-ring (bicyclic) bond motifs is 1. The predicted molar refractivity (Wildman–Crippen MR) is 116 cm³/mol. The molecule has 0 unspecified atom stereocenters. The van der Waals surface area contributed by atoms with Crippen LogP contribution in [0.2, 0.25) is 0 Å². The minimum atomic E-state index is -1.21. The Bertz CT molecular complexity index is 1030. The molecule has 1 aromatic heterocycles. The number of hydrogen-bond acceptors (Lipinski definition) is 8. The number of nitrogens with zero attached hydrogens (tertiary/aromatic N) is 1. The van der Waals surface area contributed by atoms with Gasteiger partial charge < -0.3 is 10.2 Å². The number of allylic oxidation sites excluding steroid dienone is 1. The largest absolute Gasteiger partial charge is 0.477 e. The molecule has 2 aromatic rings. The molecular formula is C17H9NO4S5. The summed E-state index contributed by atoms with van der Waals surface area (Å²) in [5, 5.41) is 21.3. The van der Waals surface area contributed by atoms with E-state index in [1.165, 1.54) is 23.5 Å². The molecule has 4 rings (SSSR count). The van der Waals surface area contributed by atoms with Crippen LogP contribution in [0.1, 0.15) is 5.01 Å². The Morgan fingerprint density at radius 2 is 1.63 bits per heavy atom. The Labute approximate surface area is 174 Å². The van der Waals surface area contributed by atoms with Crippen molar-refractivity contribution in [2.24, 2.45) is 0 Å². The molecule has 0 aliphatic carbocycles. The topological polar surface area (TPSA) is 87.5 Å². The number of aliphatic carboxylic acids is 2. The van der Waals surface area contributed by atoms with E-state index < -0.39 is 11.9 Å². The van der Waals surface area contributed by atoms with Crippen LogP contribution in [0.4, 0.5) is 0 Å². The molecular weight excluding hydrogens is 443 g/mol. The van der Waals surface area contributed by atoms with Gasteiger partial charge in [-0.2, -0.15) is 0 Å². The van der Waals surface area contributed by atoms with E-state index in [9.17, 15) is 19.8 Å². The molecule has 0 radical (unpaired) electrons. The molecule has 0 amide bonds. The summed E-state index contributed by atoms with van der Waals surface area (Å²) in [7, 11) is 0. The van der Waals surface area contributed by atoms with Crippen molar-refractivity contribution < 1.29 is 19.8 Å². The highest BCUT2D eigenvalue weighted by atomic mass is 32.2. The van der Waals surface area contributed by atoms with Crippen molar-refractivity contribution in [1.29, 1.82) is 0 Å². The summed E-state index contributed by atoms with van der Waals surface area (Å²) >= 11 is 6.60. The number of carboxylic acid groups (broad SMARTS) is 2. The molecule has 2 aliphatic heterocycles. The van der Waals surface area contributed by atoms with Crippen LogP contribution in [0, 0.1) is 0 Å². The average Bonchev–Trinajstić information content (AvgIpc) is 3.36. The lowest BCUT2D eigenvalue weighted by Crippen LogP contribution is -2.03. The zero-order valence-electron chi connectivity index (χ0n) is 13.2. The first-order valence-electron chi connectivity index (χ1n) is 7.40. The molecule has 0 spiro atoms. The quantitative estimate of drug-likeness (QED) is 0.615. The van der Waals surface area contributed by atoms with Crippen LogP contribution in [0.3, 0.4) is 0 Å². The summed E-state index contributed by atoms with van der Waals surface area (Å²) in [6, 6.07) is 7.96. The van der Waals surface area contributed by atoms with E-state index in [0.717, 1.165) is 47.9 Å². The fourth-order valence-corrected chi connectivity index (χ4v) is 7.90. The second kappa shape index (κ2) is 7.80. The zero-order chi connectivity index (χ0) is 19.0. The van der Waals surface area contributed by atoms with Crippen molar-refractivity contribution in [3.8, 4) is 0 Å². The minimum absolute atomic E-state index is 0.130. The van der Waals surface area contributed by atoms with Gasteiger partial charge in [-0.3, -0.25) is 0 Å². The van der Waals surface area contributed by atoms with Crippen molar-refractivity contribution >= 4 is 86.6 Å². The molecule has 2 N–H and O–H groups in total. The summed E-state index contributed by atoms with van der Waals surface area (Å²) in [6.45, 7) is 0. The Kier molecular flexibility index (Phi) is 5.42. The van der Waals surface area contributed by atoms with Crippen LogP contribution in [-0.4, -0.2) is 27.1 Å². The average molecular weight is 452 g/mol. The summed E-state index contributed by atoms with van der Waals surface area (Å²) in [5.74, 6) is -2.42. The van der Waals surface area contributed by atoms with Crippen LogP contribution in [-0.2, 0) is 9.59 Å². The highest BCUT2D eigenvalue weighted by molar-refractivity contribution is 8.34. The normalized spacial score (nSPS) is 17.4. The minimum Gasteiger partial charge on any atom is -0.477 e. The fraction of sp³-hybridized carbons (Fsp3) is 0. The smallest absolute Gasteiger partial charge is 0.344 e. The second-order valence-corrected chi connectivity index (χ2v) is 10.7. The third kappa shape index (κ3) is 3.99. The molecule has 27 heavy (non-hydrogen) atoms. The maximum absolute atomic E-state index is 11.3. The van der Waals surface area contributed by atoms with Crippen molar-refractivity contribution in [2.45, 2.75) is 0 Å². The standard InChI is InChI=1S/C17H9NO4S5/c19-14(20)12-13(15(21)22)27-17(26-12)16-23-7-8(24-16)5-6-11-18-9-3-1-2-4-10(9)25-11/h1-7H,(H,19,20)(H,21,22)/b6-5+. The summed E-state index contributed by atoms with van der Waals surface area (Å²) in [5.41, 5.74) is 0.972. The van der Waals surface area contributed by atoms with Gasteiger partial charge in [-0.15, -0.1) is 11.3 Å². The highest BCUT2D eigenvalue weighted by Gasteiger charge is 2.33. The van der Waals surface area contributed by atoms with E-state index in [2.05, 4.69) is 4.98 Å². The lowest BCUT2D eigenvalue weighted by Gasteiger charge is -2.00. The van der Waals surface area contributed by atoms with Crippen molar-refractivity contribution in [1.82, 2.24) is 4.98 Å². The first kappa shape index (κ1) is 18.8. The van der Waals surface area contributed by atoms with Crippen LogP contribution in [0.15, 0.2) is 58.9 Å². The number of carboxylic acids is 2. The molecule has 0 atom stereocenters. The molecule has 0 saturated carbocycles. The SMILES string of the molecule is O=C(O)C1=C(C(=O)O)SC(=C2SC=C(/C=C/c3nc4ccccc4s3)S2)S1. The third-order valence-electron chi connectivity index (χ3n) is 3.34. The Morgan fingerprint density at radius 3 is 2.30 bits per heavy atom. The first-order valence-corrected chi connectivity index (χ1v) is 11.5. The van der Waals surface area contributed by atoms with Crippen LogP contribution in [0.5, 0.6) is 0 Å². The van der Waals surface area contributed by atoms with Gasteiger partial charge in [-0.1, -0.05) is 59.2 Å². The lowest BCUT2D eigenvalue weighted by atomic mass is 10.3. The molecule has 136 valence electrons. The van der Waals surface area contributed by atoms with Crippen molar-refractivity contribution in [3.63, 3.8) is 0 Å². The molecule has 1 aromatic carbocycles. The second-order valence-electron chi connectivity index (χ2n) is 5.14. The number of para-hydroxylation sites is 1. The number of carbonyl (C=O) groups is 2. The summed E-state index contributed by atoms with van der Waals surface area (Å²) in [4.78, 5) is 27.8. The van der Waals surface area contributed by atoms with Gasteiger partial charge in [-0.05, 0) is 29.7 Å². The van der Waals surface area contributed by atoms with E-state index in [-0.39, 0.29) is 9.81 Å². The van der Waals surface area contributed by atoms with Gasteiger partial charge in [-0.25, -0.2) is 14.6 Å². The van der Waals surface area contributed by atoms with E-state index in [0.29, 0.717) is 4.24 Å². The number of rotatable bonds is 4. The van der Waals surface area contributed by atoms with Gasteiger partial charge >= 0.3 is 11.9 Å². The van der Waals surface area contributed by atoms with E-state index in [4.69, 9.17) is 0 Å². The van der Waals surface area contributed by atoms with Gasteiger partial charge in [0.1, 0.15) is 14.8 Å². The Morgan fingerprint density at radius 1 is 0.926 bits per heavy atom. The van der Waals surface area contributed by atoms with Gasteiger partial charge in [0.2, 0.25) is 0 Å².